The van der Waals surface area contributed by atoms with Crippen molar-refractivity contribution in [2.24, 2.45) is 0 Å². The number of halogens is 1. The zero-order valence-corrected chi connectivity index (χ0v) is 19.8. The fourth-order valence-corrected chi connectivity index (χ4v) is 4.31. The average molecular weight is 450 g/mol. The molecule has 0 aromatic heterocycles. The van der Waals surface area contributed by atoms with Crippen molar-refractivity contribution in [3.05, 3.63) is 60.2 Å². The number of ether oxygens (including phenoxy) is 1. The summed E-state index contributed by atoms with van der Waals surface area (Å²) in [5.41, 5.74) is 3.04. The molecule has 0 heterocycles. The van der Waals surface area contributed by atoms with Crippen LogP contribution in [0.2, 0.25) is 0 Å². The normalized spacial score (nSPS) is 14.7. The van der Waals surface area contributed by atoms with E-state index in [-0.39, 0.29) is 12.0 Å². The van der Waals surface area contributed by atoms with Gasteiger partial charge in [0.1, 0.15) is 0 Å². The number of carbonyl (C=O) groups is 1. The Balaban J connectivity index is 2.35. The lowest BCUT2D eigenvalue weighted by atomic mass is 9.88. The monoisotopic (exact) mass is 449 g/mol. The highest BCUT2D eigenvalue weighted by atomic mass is 35.5. The molecule has 4 nitrogen and oxygen atoms in total. The van der Waals surface area contributed by atoms with Gasteiger partial charge >= 0.3 is 5.97 Å². The largest absolute Gasteiger partial charge is 0.469 e. The molecule has 6 heteroatoms. The van der Waals surface area contributed by atoms with E-state index in [0.29, 0.717) is 12.3 Å². The lowest BCUT2D eigenvalue weighted by Gasteiger charge is -2.29. The van der Waals surface area contributed by atoms with Crippen molar-refractivity contribution in [3.63, 3.8) is 0 Å². The molecule has 0 aliphatic rings. The van der Waals surface area contributed by atoms with Gasteiger partial charge in [0, 0.05) is 11.9 Å². The molecule has 1 N–H and O–H groups in total. The second kappa shape index (κ2) is 11.6. The molecule has 0 aliphatic carbocycles. The molecule has 0 fully saturated rings. The van der Waals surface area contributed by atoms with Crippen LogP contribution in [0, 0.1) is 0 Å². The Kier molecular flexibility index (Phi) is 9.53. The number of rotatable bonds is 10. The first kappa shape index (κ1) is 24.6. The number of hydrogen-bond acceptors (Lipinski definition) is 3. The molecule has 0 radical (unpaired) electrons. The summed E-state index contributed by atoms with van der Waals surface area (Å²) in [5.74, 6) is -0.331. The summed E-state index contributed by atoms with van der Waals surface area (Å²) in [4.78, 5) is 12.8. The molecular weight excluding hydrogens is 418 g/mol. The zero-order valence-electron chi connectivity index (χ0n) is 18.2. The van der Waals surface area contributed by atoms with Crippen molar-refractivity contribution in [1.29, 1.82) is 0 Å². The third-order valence-electron chi connectivity index (χ3n) is 4.95. The summed E-state index contributed by atoms with van der Waals surface area (Å²) in [6.07, 6.45) is 2.34. The van der Waals surface area contributed by atoms with Crippen molar-refractivity contribution in [3.8, 4) is 11.1 Å². The first-order chi connectivity index (χ1) is 14.3. The van der Waals surface area contributed by atoms with E-state index >= 15 is 0 Å². The molecule has 1 unspecified atom stereocenters. The van der Waals surface area contributed by atoms with E-state index in [1.54, 1.807) is 0 Å². The van der Waals surface area contributed by atoms with Gasteiger partial charge in [-0.3, -0.25) is 4.79 Å². The fourth-order valence-electron chi connectivity index (χ4n) is 3.24. The first-order valence-corrected chi connectivity index (χ1v) is 11.9. The van der Waals surface area contributed by atoms with Gasteiger partial charge in [0.25, 0.3) is 0 Å². The third-order valence-corrected chi connectivity index (χ3v) is 6.84. The van der Waals surface area contributed by atoms with Gasteiger partial charge in [-0.2, -0.15) is 0 Å². The van der Waals surface area contributed by atoms with Gasteiger partial charge in [0.05, 0.1) is 28.8 Å². The SMILES string of the molecule is COC(=O)[C@H](c1ccc(-c2ccccc2)cc1)[C@@H](CCCCCl)NS(=O)C(C)(C)C. The van der Waals surface area contributed by atoms with Gasteiger partial charge < -0.3 is 4.74 Å². The molecule has 3 atom stereocenters. The molecule has 2 rings (SSSR count). The van der Waals surface area contributed by atoms with Crippen LogP contribution in [0.3, 0.4) is 0 Å². The summed E-state index contributed by atoms with van der Waals surface area (Å²) < 4.78 is 20.7. The highest BCUT2D eigenvalue weighted by Crippen LogP contribution is 2.29. The summed E-state index contributed by atoms with van der Waals surface area (Å²) in [7, 11) is 0.0825. The minimum absolute atomic E-state index is 0.316. The zero-order chi connectivity index (χ0) is 22.1. The standard InChI is InChI=1S/C24H32ClNO3S/c1-24(2,3)30(28)26-21(12-8-9-17-25)22(23(27)29-4)20-15-13-19(14-16-20)18-10-6-5-7-11-18/h5-7,10-11,13-16,21-22,26H,8-9,12,17H2,1-4H3/t21-,22-,30?/m1/s1. The number of nitrogens with one attached hydrogen (secondary N) is 1. The Labute approximate surface area is 188 Å². The second-order valence-electron chi connectivity index (χ2n) is 8.28. The van der Waals surface area contributed by atoms with Crippen LogP contribution in [0.15, 0.2) is 54.6 Å². The molecule has 0 bridgehead atoms. The van der Waals surface area contributed by atoms with Gasteiger partial charge in [-0.05, 0) is 50.3 Å². The van der Waals surface area contributed by atoms with E-state index in [4.69, 9.17) is 16.3 Å². The van der Waals surface area contributed by atoms with E-state index in [1.807, 2.05) is 63.2 Å². The molecule has 164 valence electrons. The molecule has 0 saturated heterocycles. The number of alkyl halides is 1. The maximum absolute atomic E-state index is 12.8. The Morgan fingerprint density at radius 3 is 2.17 bits per heavy atom. The maximum atomic E-state index is 12.8. The van der Waals surface area contributed by atoms with Crippen molar-refractivity contribution < 1.29 is 13.7 Å². The van der Waals surface area contributed by atoms with Crippen LogP contribution in [-0.4, -0.2) is 34.0 Å². The van der Waals surface area contributed by atoms with Crippen LogP contribution < -0.4 is 4.72 Å². The van der Waals surface area contributed by atoms with Crippen LogP contribution in [0.1, 0.15) is 51.5 Å². The first-order valence-electron chi connectivity index (χ1n) is 10.2. The minimum Gasteiger partial charge on any atom is -0.469 e. The van der Waals surface area contributed by atoms with E-state index < -0.39 is 21.7 Å². The maximum Gasteiger partial charge on any atom is 0.314 e. The third kappa shape index (κ3) is 6.93. The van der Waals surface area contributed by atoms with Crippen LogP contribution in [0.5, 0.6) is 0 Å². The molecule has 0 spiro atoms. The van der Waals surface area contributed by atoms with Gasteiger partial charge in [0.2, 0.25) is 0 Å². The molecule has 0 aliphatic heterocycles. The van der Waals surface area contributed by atoms with Crippen molar-refractivity contribution in [2.75, 3.05) is 13.0 Å². The topological polar surface area (TPSA) is 55.4 Å². The van der Waals surface area contributed by atoms with E-state index in [9.17, 15) is 9.00 Å². The number of methoxy groups -OCH3 is 1. The summed E-state index contributed by atoms with van der Waals surface area (Å²) >= 11 is 5.85. The van der Waals surface area contributed by atoms with Gasteiger partial charge in [-0.1, -0.05) is 61.0 Å². The number of unbranched alkanes of at least 4 members (excludes halogenated alkanes) is 1. The highest BCUT2D eigenvalue weighted by molar-refractivity contribution is 7.84. The van der Waals surface area contributed by atoms with E-state index in [1.165, 1.54) is 7.11 Å². The van der Waals surface area contributed by atoms with Crippen LogP contribution in [0.25, 0.3) is 11.1 Å². The molecule has 2 aromatic rings. The number of benzene rings is 2. The van der Waals surface area contributed by atoms with Gasteiger partial charge in [0.15, 0.2) is 0 Å². The predicted octanol–water partition coefficient (Wildman–Crippen LogP) is 5.44. The van der Waals surface area contributed by atoms with E-state index in [0.717, 1.165) is 29.5 Å². The van der Waals surface area contributed by atoms with Crippen molar-refractivity contribution in [2.45, 2.75) is 56.7 Å². The van der Waals surface area contributed by atoms with E-state index in [2.05, 4.69) is 16.9 Å². The average Bonchev–Trinajstić information content (AvgIpc) is 2.74. The fraction of sp³-hybridized carbons (Fsp3) is 0.458. The lowest BCUT2D eigenvalue weighted by molar-refractivity contribution is -0.143. The molecule has 0 saturated carbocycles. The molecular formula is C24H32ClNO3S. The number of carbonyl (C=O) groups excluding carboxylic acids is 1. The number of hydrogen-bond donors (Lipinski definition) is 1. The summed E-state index contributed by atoms with van der Waals surface area (Å²) in [6.45, 7) is 5.73. The van der Waals surface area contributed by atoms with Gasteiger partial charge in [-0.25, -0.2) is 8.93 Å². The lowest BCUT2D eigenvalue weighted by Crippen LogP contribution is -2.45. The Bertz CT molecular complexity index is 819. The predicted molar refractivity (Wildman–Crippen MR) is 126 cm³/mol. The number of esters is 1. The van der Waals surface area contributed by atoms with Crippen molar-refractivity contribution in [1.82, 2.24) is 4.72 Å². The van der Waals surface area contributed by atoms with Crippen molar-refractivity contribution >= 4 is 28.6 Å². The molecule has 30 heavy (non-hydrogen) atoms. The summed E-state index contributed by atoms with van der Waals surface area (Å²) in [5, 5.41) is 0. The van der Waals surface area contributed by atoms with Crippen LogP contribution in [-0.2, 0) is 20.5 Å². The quantitative estimate of drug-likeness (QED) is 0.298. The second-order valence-corrected chi connectivity index (χ2v) is 10.7. The Morgan fingerprint density at radius 1 is 1.03 bits per heavy atom. The van der Waals surface area contributed by atoms with Gasteiger partial charge in [-0.15, -0.1) is 11.6 Å². The highest BCUT2D eigenvalue weighted by Gasteiger charge is 2.33. The molecule has 0 amide bonds. The smallest absolute Gasteiger partial charge is 0.314 e. The van der Waals surface area contributed by atoms with Crippen LogP contribution in [0.4, 0.5) is 0 Å². The minimum atomic E-state index is -1.31. The van der Waals surface area contributed by atoms with Crippen LogP contribution >= 0.6 is 11.6 Å². The molecule has 2 aromatic carbocycles. The Hall–Kier alpha value is -1.69. The summed E-state index contributed by atoms with van der Waals surface area (Å²) in [6, 6.07) is 17.7. The Morgan fingerprint density at radius 2 is 1.63 bits per heavy atom.